The molecule has 7 N–H and O–H groups in total. The van der Waals surface area contributed by atoms with Crippen molar-refractivity contribution in [1.29, 1.82) is 0 Å². The van der Waals surface area contributed by atoms with Crippen molar-refractivity contribution in [3.8, 4) is 34.4 Å². The molecule has 0 unspecified atom stereocenters. The second kappa shape index (κ2) is 18.2. The molecule has 1 heterocycles. The second-order valence-electron chi connectivity index (χ2n) is 9.98. The number of fused-ring (bicyclic) bond motifs is 1. The highest BCUT2D eigenvalue weighted by Crippen LogP contribution is 2.29. The number of hydrogen-bond donors (Lipinski definition) is 4. The number of amides is 2. The maximum atomic E-state index is 12.9. The average molecular weight is 654 g/mol. The smallest absolute Gasteiger partial charge is 0.255 e. The van der Waals surface area contributed by atoms with Gasteiger partial charge in [-0.1, -0.05) is 20.8 Å². The van der Waals surface area contributed by atoms with Gasteiger partial charge >= 0.3 is 0 Å². The van der Waals surface area contributed by atoms with Crippen molar-refractivity contribution < 1.29 is 23.8 Å². The van der Waals surface area contributed by atoms with Gasteiger partial charge in [0, 0.05) is 23.4 Å². The molecule has 0 aliphatic heterocycles. The summed E-state index contributed by atoms with van der Waals surface area (Å²) in [6.45, 7) is 6.70. The van der Waals surface area contributed by atoms with E-state index in [-0.39, 0.29) is 18.4 Å². The summed E-state index contributed by atoms with van der Waals surface area (Å²) in [5.74, 6) is 2.69. The molecule has 252 valence electrons. The fourth-order valence-electron chi connectivity index (χ4n) is 4.38. The molecule has 0 saturated heterocycles. The number of carbonyl (C=O) groups is 2. The lowest BCUT2D eigenvalue weighted by atomic mass is 10.1. The van der Waals surface area contributed by atoms with Crippen molar-refractivity contribution in [2.45, 2.75) is 33.7 Å². The van der Waals surface area contributed by atoms with Gasteiger partial charge in [-0.15, -0.1) is 0 Å². The van der Waals surface area contributed by atoms with Crippen LogP contribution in [0.4, 0.5) is 5.69 Å². The summed E-state index contributed by atoms with van der Waals surface area (Å²) >= 11 is 0. The van der Waals surface area contributed by atoms with Gasteiger partial charge in [0.05, 0.1) is 25.3 Å². The molecule has 0 aliphatic carbocycles. The van der Waals surface area contributed by atoms with Crippen LogP contribution in [0.3, 0.4) is 0 Å². The maximum Gasteiger partial charge on any atom is 0.255 e. The number of anilines is 1. The van der Waals surface area contributed by atoms with Gasteiger partial charge in [-0.3, -0.25) is 14.6 Å². The van der Waals surface area contributed by atoms with Gasteiger partial charge in [0.1, 0.15) is 35.4 Å². The number of methoxy groups -OCH3 is 2. The van der Waals surface area contributed by atoms with E-state index < -0.39 is 5.91 Å². The summed E-state index contributed by atoms with van der Waals surface area (Å²) in [4.78, 5) is 33.3. The molecule has 0 aliphatic rings. The molecular formula is C36H43N7O5. The molecule has 0 bridgehead atoms. The molecule has 5 aromatic rings. The van der Waals surface area contributed by atoms with Crippen LogP contribution in [0, 0.1) is 0 Å². The van der Waals surface area contributed by atoms with E-state index in [0.717, 1.165) is 24.3 Å². The highest BCUT2D eigenvalue weighted by Gasteiger charge is 2.17. The largest absolute Gasteiger partial charge is 0.497 e. The first-order chi connectivity index (χ1) is 23.2. The standard InChI is InChI=1S/C30H26N4O5.C4H11N3.C2H6/c1-37-22-10-6-21(7-11-22)32-30(36)20-5-16-27-26(17-20)33-29(34(27)18-28(31)35)19-3-8-24(9-4-19)39-25-14-12-23(38-2)13-15-25;1-2-3-7-4(5)6;1-2/h3-17H,18H2,1-2H3,(H2,31,35)(H,32,36);2-3H2,1H3,(H4,5,6,7);1-2H3. The highest BCUT2D eigenvalue weighted by molar-refractivity contribution is 6.06. The second-order valence-corrected chi connectivity index (χ2v) is 9.98. The van der Waals surface area contributed by atoms with Gasteiger partial charge in [-0.25, -0.2) is 4.98 Å². The Hall–Kier alpha value is -6.04. The monoisotopic (exact) mass is 653 g/mol. The van der Waals surface area contributed by atoms with Gasteiger partial charge in [0.2, 0.25) is 5.91 Å². The number of benzene rings is 4. The lowest BCUT2D eigenvalue weighted by molar-refractivity contribution is -0.118. The van der Waals surface area contributed by atoms with Crippen LogP contribution in [0.5, 0.6) is 23.0 Å². The fraction of sp³-hybridized carbons (Fsp3) is 0.222. The number of carbonyl (C=O) groups excluding carboxylic acids is 2. The summed E-state index contributed by atoms with van der Waals surface area (Å²) in [5, 5.41) is 2.87. The third kappa shape index (κ3) is 10.2. The molecule has 0 fully saturated rings. The number of primary amides is 1. The topological polar surface area (TPSA) is 182 Å². The van der Waals surface area contributed by atoms with Crippen molar-refractivity contribution >= 4 is 34.5 Å². The fourth-order valence-corrected chi connectivity index (χ4v) is 4.38. The molecular weight excluding hydrogens is 610 g/mol. The Balaban J connectivity index is 0.000000618. The van der Waals surface area contributed by atoms with E-state index in [1.165, 1.54) is 0 Å². The Bertz CT molecular complexity index is 1800. The number of aliphatic imine (C=N–C) groups is 1. The Morgan fingerprint density at radius 3 is 1.83 bits per heavy atom. The van der Waals surface area contributed by atoms with Crippen LogP contribution in [0.25, 0.3) is 22.4 Å². The summed E-state index contributed by atoms with van der Waals surface area (Å²) in [7, 11) is 3.19. The number of hydrogen-bond acceptors (Lipinski definition) is 7. The van der Waals surface area contributed by atoms with E-state index in [1.807, 2.05) is 69.3 Å². The molecule has 2 amide bonds. The number of imidazole rings is 1. The van der Waals surface area contributed by atoms with Crippen LogP contribution < -0.4 is 36.7 Å². The summed E-state index contributed by atoms with van der Waals surface area (Å²) < 4.78 is 18.0. The number of rotatable bonds is 11. The minimum absolute atomic E-state index is 0.0622. The minimum Gasteiger partial charge on any atom is -0.497 e. The summed E-state index contributed by atoms with van der Waals surface area (Å²) in [6, 6.07) is 26.8. The van der Waals surface area contributed by atoms with Crippen LogP contribution in [-0.4, -0.2) is 48.1 Å². The van der Waals surface area contributed by atoms with Crippen LogP contribution in [-0.2, 0) is 11.3 Å². The normalized spacial score (nSPS) is 10.0. The van der Waals surface area contributed by atoms with Gasteiger partial charge in [0.25, 0.3) is 5.91 Å². The van der Waals surface area contributed by atoms with Crippen molar-refractivity contribution in [2.24, 2.45) is 22.2 Å². The van der Waals surface area contributed by atoms with Gasteiger partial charge in [0.15, 0.2) is 5.96 Å². The minimum atomic E-state index is -0.503. The number of guanidine groups is 1. The first-order valence-electron chi connectivity index (χ1n) is 15.4. The Kier molecular flexibility index (Phi) is 13.8. The first kappa shape index (κ1) is 36.4. The van der Waals surface area contributed by atoms with E-state index in [2.05, 4.69) is 10.3 Å². The predicted molar refractivity (Wildman–Crippen MR) is 191 cm³/mol. The number of ether oxygens (including phenoxy) is 3. The third-order valence-electron chi connectivity index (χ3n) is 6.60. The molecule has 0 atom stereocenters. The van der Waals surface area contributed by atoms with Crippen molar-refractivity contribution in [1.82, 2.24) is 9.55 Å². The lowest BCUT2D eigenvalue weighted by Crippen LogP contribution is -2.22. The van der Waals surface area contributed by atoms with Crippen molar-refractivity contribution in [3.05, 3.63) is 96.6 Å². The summed E-state index contributed by atoms with van der Waals surface area (Å²) in [5.41, 5.74) is 18.6. The molecule has 4 aromatic carbocycles. The highest BCUT2D eigenvalue weighted by atomic mass is 16.5. The van der Waals surface area contributed by atoms with Gasteiger partial charge < -0.3 is 41.3 Å². The van der Waals surface area contributed by atoms with Crippen molar-refractivity contribution in [2.75, 3.05) is 26.1 Å². The zero-order chi connectivity index (χ0) is 35.1. The van der Waals surface area contributed by atoms with Gasteiger partial charge in [-0.2, -0.15) is 0 Å². The van der Waals surface area contributed by atoms with E-state index in [4.69, 9.17) is 36.4 Å². The van der Waals surface area contributed by atoms with Crippen LogP contribution in [0.1, 0.15) is 37.6 Å². The zero-order valence-electron chi connectivity index (χ0n) is 27.9. The SMILES string of the molecule is CC.CCCN=C(N)N.COc1ccc(NC(=O)c2ccc3c(c2)nc(-c2ccc(Oc4ccc(OC)cc4)cc2)n3CC(N)=O)cc1. The van der Waals surface area contributed by atoms with Crippen LogP contribution in [0.2, 0.25) is 0 Å². The third-order valence-corrected chi connectivity index (χ3v) is 6.60. The lowest BCUT2D eigenvalue weighted by Gasteiger charge is -2.09. The molecule has 12 nitrogen and oxygen atoms in total. The molecule has 12 heteroatoms. The molecule has 5 rings (SSSR count). The number of nitrogens with one attached hydrogen (secondary N) is 1. The van der Waals surface area contributed by atoms with Gasteiger partial charge in [-0.05, 0) is 97.4 Å². The van der Waals surface area contributed by atoms with E-state index >= 15 is 0 Å². The Morgan fingerprint density at radius 2 is 1.33 bits per heavy atom. The molecule has 48 heavy (non-hydrogen) atoms. The Morgan fingerprint density at radius 1 is 0.792 bits per heavy atom. The number of nitrogens with zero attached hydrogens (tertiary/aromatic N) is 3. The average Bonchev–Trinajstić information content (AvgIpc) is 3.46. The summed E-state index contributed by atoms with van der Waals surface area (Å²) in [6.07, 6.45) is 0.998. The first-order valence-corrected chi connectivity index (χ1v) is 15.4. The maximum absolute atomic E-state index is 12.9. The predicted octanol–water partition coefficient (Wildman–Crippen LogP) is 5.95. The zero-order valence-corrected chi connectivity index (χ0v) is 27.9. The quantitative estimate of drug-likeness (QED) is 0.0997. The van der Waals surface area contributed by atoms with Crippen LogP contribution in [0.15, 0.2) is 96.0 Å². The van der Waals surface area contributed by atoms with Crippen molar-refractivity contribution in [3.63, 3.8) is 0 Å². The number of nitrogens with two attached hydrogens (primary N) is 3. The molecule has 0 radical (unpaired) electrons. The molecule has 1 aromatic heterocycles. The van der Waals surface area contributed by atoms with Crippen LogP contribution >= 0.6 is 0 Å². The van der Waals surface area contributed by atoms with E-state index in [9.17, 15) is 9.59 Å². The Labute approximate surface area is 280 Å². The molecule has 0 saturated carbocycles. The number of aromatic nitrogens is 2. The van der Waals surface area contributed by atoms with E-state index in [1.54, 1.807) is 61.3 Å². The van der Waals surface area contributed by atoms with E-state index in [0.29, 0.717) is 45.4 Å². The molecule has 0 spiro atoms.